The zero-order chi connectivity index (χ0) is 43.6. The molecule has 0 saturated carbocycles. The summed E-state index contributed by atoms with van der Waals surface area (Å²) in [6, 6.07) is -2.49. The highest BCUT2D eigenvalue weighted by molar-refractivity contribution is 6.32. The van der Waals surface area contributed by atoms with Crippen molar-refractivity contribution in [1.29, 1.82) is 0 Å². The van der Waals surface area contributed by atoms with Crippen molar-refractivity contribution >= 4 is 53.0 Å². The van der Waals surface area contributed by atoms with Crippen LogP contribution >= 0.6 is 0 Å². The van der Waals surface area contributed by atoms with Gasteiger partial charge in [-0.1, -0.05) is 84.0 Å². The van der Waals surface area contributed by atoms with Crippen molar-refractivity contribution in [2.75, 3.05) is 26.4 Å². The maximum atomic E-state index is 12.3. The largest absolute Gasteiger partial charge is 0.481 e. The van der Waals surface area contributed by atoms with E-state index < -0.39 is 66.0 Å². The number of ketones is 3. The van der Waals surface area contributed by atoms with Gasteiger partial charge >= 0.3 is 23.9 Å². The lowest BCUT2D eigenvalue weighted by Crippen LogP contribution is -2.42. The number of nitrogens with one attached hydrogen (secondary N) is 2. The molecule has 0 heterocycles. The molecule has 0 radical (unpaired) electrons. The molecule has 332 valence electrons. The summed E-state index contributed by atoms with van der Waals surface area (Å²) in [4.78, 5) is 105. The fourth-order valence-electron chi connectivity index (χ4n) is 6.09. The molecule has 0 spiro atoms. The number of carboxylic acid groups (broad SMARTS) is 4. The first-order valence-corrected chi connectivity index (χ1v) is 20.9. The number of aliphatic carboxylic acids is 4. The number of carboxylic acids is 4. The summed E-state index contributed by atoms with van der Waals surface area (Å²) < 4.78 is 10.6. The van der Waals surface area contributed by atoms with Gasteiger partial charge in [0.2, 0.25) is 17.6 Å². The Balaban J connectivity index is 3.91. The summed E-state index contributed by atoms with van der Waals surface area (Å²) in [6.45, 7) is 1.52. The summed E-state index contributed by atoms with van der Waals surface area (Å²) in [6.07, 6.45) is 14.7. The second kappa shape index (κ2) is 34.8. The number of hydrogen-bond acceptors (Lipinski definition) is 11. The van der Waals surface area contributed by atoms with Crippen molar-refractivity contribution in [3.05, 3.63) is 0 Å². The summed E-state index contributed by atoms with van der Waals surface area (Å²) in [5.74, 6) is -8.17. The Labute approximate surface area is 341 Å². The second-order valence-corrected chi connectivity index (χ2v) is 14.7. The van der Waals surface area contributed by atoms with Crippen molar-refractivity contribution in [2.45, 2.75) is 173 Å². The van der Waals surface area contributed by atoms with E-state index in [9.17, 15) is 53.4 Å². The highest BCUT2D eigenvalue weighted by atomic mass is 16.5. The first-order chi connectivity index (χ1) is 27.7. The lowest BCUT2D eigenvalue weighted by molar-refractivity contribution is -0.149. The SMILES string of the molecule is CCC(CC(=O)CC[C@H](NC(=O)COCCOCCCC(=O)CC[C@H](NC(=O)CCCCCCCCCCCCCCCCC(=O)C(=O)O)C(=O)O)C(=O)O)C(=O)O. The van der Waals surface area contributed by atoms with Gasteiger partial charge in [-0.2, -0.15) is 0 Å². The van der Waals surface area contributed by atoms with Crippen molar-refractivity contribution < 1.29 is 73.1 Å². The van der Waals surface area contributed by atoms with Crippen LogP contribution in [0, 0.1) is 5.92 Å². The highest BCUT2D eigenvalue weighted by Crippen LogP contribution is 2.15. The van der Waals surface area contributed by atoms with E-state index in [1.807, 2.05) is 0 Å². The van der Waals surface area contributed by atoms with Gasteiger partial charge in [0.25, 0.3) is 0 Å². The lowest BCUT2D eigenvalue weighted by atomic mass is 9.96. The lowest BCUT2D eigenvalue weighted by Gasteiger charge is -2.15. The topological polar surface area (TPSA) is 277 Å². The van der Waals surface area contributed by atoms with Crippen LogP contribution in [0.5, 0.6) is 0 Å². The molecule has 0 rings (SSSR count). The quantitative estimate of drug-likeness (QED) is 0.0348. The predicted octanol–water partition coefficient (Wildman–Crippen LogP) is 5.03. The van der Waals surface area contributed by atoms with E-state index in [1.54, 1.807) is 6.92 Å². The molecule has 0 aliphatic carbocycles. The molecular formula is C41H68N2O15. The number of Topliss-reactive ketones (excluding diaryl/α,β-unsaturated/α-hetero) is 3. The van der Waals surface area contributed by atoms with E-state index in [1.165, 1.54) is 19.3 Å². The summed E-state index contributed by atoms with van der Waals surface area (Å²) in [7, 11) is 0. The van der Waals surface area contributed by atoms with Gasteiger partial charge in [0.15, 0.2) is 0 Å². The van der Waals surface area contributed by atoms with Crippen LogP contribution in [0.15, 0.2) is 0 Å². The van der Waals surface area contributed by atoms with Gasteiger partial charge in [0, 0.05) is 45.1 Å². The molecule has 17 heteroatoms. The number of ether oxygens (including phenoxy) is 2. The van der Waals surface area contributed by atoms with Crippen molar-refractivity contribution in [3.8, 4) is 0 Å². The normalized spacial score (nSPS) is 12.6. The molecule has 0 aromatic carbocycles. The third kappa shape index (κ3) is 30.8. The molecule has 0 aromatic heterocycles. The average molecular weight is 829 g/mol. The van der Waals surface area contributed by atoms with Crippen LogP contribution in [0.1, 0.15) is 161 Å². The number of hydrogen-bond donors (Lipinski definition) is 6. The predicted molar refractivity (Wildman–Crippen MR) is 211 cm³/mol. The molecule has 0 saturated heterocycles. The maximum absolute atomic E-state index is 12.3. The van der Waals surface area contributed by atoms with E-state index in [-0.39, 0.29) is 89.3 Å². The maximum Gasteiger partial charge on any atom is 0.372 e. The molecule has 6 N–H and O–H groups in total. The Morgan fingerprint density at radius 2 is 0.914 bits per heavy atom. The molecule has 58 heavy (non-hydrogen) atoms. The Bertz CT molecular complexity index is 1270. The van der Waals surface area contributed by atoms with E-state index in [4.69, 9.17) is 19.7 Å². The standard InChI is InChI=1S/C41H68N2O15/c1-2-30(38(49)50)28-32(45)22-24-34(40(53)54)43-37(48)29-58-27-26-57-25-17-18-31(44)21-23-33(39(51)52)42-36(47)20-16-14-12-10-8-6-4-3-5-7-9-11-13-15-19-35(46)41(55)56/h30,33-34H,2-29H2,1H3,(H,42,47)(H,43,48)(H,49,50)(H,51,52)(H,53,54)(H,55,56)/t30?,33-,34-/m0/s1. The fraction of sp³-hybridized carbons (Fsp3) is 0.780. The molecule has 17 nitrogen and oxygen atoms in total. The third-order valence-electron chi connectivity index (χ3n) is 9.65. The van der Waals surface area contributed by atoms with Gasteiger partial charge in [-0.25, -0.2) is 14.4 Å². The zero-order valence-corrected chi connectivity index (χ0v) is 34.3. The van der Waals surface area contributed by atoms with Crippen LogP contribution in [-0.4, -0.2) is 112 Å². The zero-order valence-electron chi connectivity index (χ0n) is 34.3. The number of carbonyl (C=O) groups excluding carboxylic acids is 5. The molecule has 1 unspecified atom stereocenters. The Morgan fingerprint density at radius 3 is 1.38 bits per heavy atom. The molecule has 0 aliphatic rings. The fourth-order valence-corrected chi connectivity index (χ4v) is 6.09. The summed E-state index contributed by atoms with van der Waals surface area (Å²) >= 11 is 0. The molecule has 0 aromatic rings. The van der Waals surface area contributed by atoms with E-state index in [0.29, 0.717) is 19.3 Å². The molecule has 0 bridgehead atoms. The number of carbonyl (C=O) groups is 9. The Morgan fingerprint density at radius 1 is 0.466 bits per heavy atom. The van der Waals surface area contributed by atoms with Gasteiger partial charge in [0.05, 0.1) is 19.1 Å². The minimum absolute atomic E-state index is 0.0120. The minimum Gasteiger partial charge on any atom is -0.481 e. The van der Waals surface area contributed by atoms with E-state index >= 15 is 0 Å². The number of rotatable bonds is 41. The van der Waals surface area contributed by atoms with Crippen molar-refractivity contribution in [1.82, 2.24) is 10.6 Å². The molecule has 0 fully saturated rings. The van der Waals surface area contributed by atoms with E-state index in [2.05, 4.69) is 10.6 Å². The smallest absolute Gasteiger partial charge is 0.372 e. The first kappa shape index (κ1) is 53.8. The molecule has 2 amide bonds. The number of amides is 2. The van der Waals surface area contributed by atoms with Crippen molar-refractivity contribution in [3.63, 3.8) is 0 Å². The minimum atomic E-state index is -1.35. The van der Waals surface area contributed by atoms with Crippen LogP contribution in [0.25, 0.3) is 0 Å². The summed E-state index contributed by atoms with van der Waals surface area (Å²) in [5, 5.41) is 41.3. The van der Waals surface area contributed by atoms with Gasteiger partial charge in [0.1, 0.15) is 30.3 Å². The first-order valence-electron chi connectivity index (χ1n) is 20.9. The van der Waals surface area contributed by atoms with Gasteiger partial charge in [-0.05, 0) is 38.5 Å². The van der Waals surface area contributed by atoms with Crippen LogP contribution in [-0.2, 0) is 52.6 Å². The Kier molecular flexibility index (Phi) is 32.2. The Hall–Kier alpha value is -4.25. The van der Waals surface area contributed by atoms with Crippen molar-refractivity contribution in [2.24, 2.45) is 5.92 Å². The third-order valence-corrected chi connectivity index (χ3v) is 9.65. The van der Waals surface area contributed by atoms with E-state index in [0.717, 1.165) is 57.8 Å². The monoisotopic (exact) mass is 828 g/mol. The second-order valence-electron chi connectivity index (χ2n) is 14.7. The van der Waals surface area contributed by atoms with Gasteiger partial charge < -0.3 is 40.5 Å². The van der Waals surface area contributed by atoms with Crippen LogP contribution in [0.3, 0.4) is 0 Å². The molecular weight excluding hydrogens is 760 g/mol. The molecule has 0 aliphatic heterocycles. The van der Waals surface area contributed by atoms with Crippen LogP contribution < -0.4 is 10.6 Å². The molecule has 3 atom stereocenters. The van der Waals surface area contributed by atoms with Gasteiger partial charge in [-0.3, -0.25) is 28.8 Å². The number of unbranched alkanes of at least 4 members (excludes halogenated alkanes) is 13. The summed E-state index contributed by atoms with van der Waals surface area (Å²) in [5.41, 5.74) is 0. The highest BCUT2D eigenvalue weighted by Gasteiger charge is 2.24. The average Bonchev–Trinajstić information content (AvgIpc) is 3.17. The van der Waals surface area contributed by atoms with Crippen LogP contribution in [0.4, 0.5) is 0 Å². The van der Waals surface area contributed by atoms with Gasteiger partial charge in [-0.15, -0.1) is 0 Å². The van der Waals surface area contributed by atoms with Crippen LogP contribution in [0.2, 0.25) is 0 Å².